The van der Waals surface area contributed by atoms with Crippen LogP contribution in [-0.2, 0) is 16.6 Å². The Balaban J connectivity index is 2.20. The van der Waals surface area contributed by atoms with Crippen LogP contribution in [0.1, 0.15) is 5.56 Å². The van der Waals surface area contributed by atoms with Gasteiger partial charge in [0.2, 0.25) is 0 Å². The number of nitrogens with two attached hydrogens (primary N) is 1. The molecule has 3 nitrogen and oxygen atoms in total. The Morgan fingerprint density at radius 1 is 1.12 bits per heavy atom. The van der Waals surface area contributed by atoms with Crippen LogP contribution in [0.3, 0.4) is 0 Å². The molecule has 0 radical (unpaired) electrons. The van der Waals surface area contributed by atoms with E-state index in [1.54, 1.807) is 30.3 Å². The molecule has 0 fully saturated rings. The number of hydrogen-bond donors (Lipinski definition) is 2. The maximum Gasteiger partial charge on any atom is 0.115 e. The third kappa shape index (κ3) is 2.85. The first-order valence-electron chi connectivity index (χ1n) is 5.17. The van der Waals surface area contributed by atoms with Crippen molar-refractivity contribution in [3.8, 4) is 5.75 Å². The van der Waals surface area contributed by atoms with Gasteiger partial charge in [0.1, 0.15) is 5.75 Å². The van der Waals surface area contributed by atoms with E-state index >= 15 is 0 Å². The number of hydrogen-bond acceptors (Lipinski definition) is 3. The van der Waals surface area contributed by atoms with E-state index < -0.39 is 10.8 Å². The summed E-state index contributed by atoms with van der Waals surface area (Å²) in [5, 5.41) is 9.33. The molecule has 0 aliphatic rings. The zero-order chi connectivity index (χ0) is 12.3. The first-order valence-corrected chi connectivity index (χ1v) is 6.49. The average Bonchev–Trinajstić information content (AvgIpc) is 2.29. The fourth-order valence-corrected chi connectivity index (χ4v) is 2.76. The fraction of sp³-hybridized carbons (Fsp3) is 0.0769. The monoisotopic (exact) mass is 247 g/mol. The van der Waals surface area contributed by atoms with Gasteiger partial charge in [0.25, 0.3) is 0 Å². The van der Waals surface area contributed by atoms with Gasteiger partial charge in [-0.25, -0.2) is 0 Å². The lowest BCUT2D eigenvalue weighted by Crippen LogP contribution is -2.00. The number of nitrogen functional groups attached to an aromatic ring is 1. The van der Waals surface area contributed by atoms with Crippen molar-refractivity contribution in [3.05, 3.63) is 54.1 Å². The predicted molar refractivity (Wildman–Crippen MR) is 69.1 cm³/mol. The van der Waals surface area contributed by atoms with E-state index in [1.165, 1.54) is 0 Å². The number of para-hydroxylation sites is 1. The van der Waals surface area contributed by atoms with Crippen molar-refractivity contribution in [2.45, 2.75) is 10.6 Å². The van der Waals surface area contributed by atoms with Crippen molar-refractivity contribution in [3.63, 3.8) is 0 Å². The van der Waals surface area contributed by atoms with Gasteiger partial charge < -0.3 is 10.8 Å². The largest absolute Gasteiger partial charge is 0.508 e. The second kappa shape index (κ2) is 5.01. The van der Waals surface area contributed by atoms with Crippen LogP contribution in [0.15, 0.2) is 53.4 Å². The third-order valence-corrected chi connectivity index (χ3v) is 3.83. The second-order valence-electron chi connectivity index (χ2n) is 3.70. The van der Waals surface area contributed by atoms with Crippen LogP contribution in [0, 0.1) is 0 Å². The van der Waals surface area contributed by atoms with Gasteiger partial charge in [0.15, 0.2) is 0 Å². The summed E-state index contributed by atoms with van der Waals surface area (Å²) in [5.41, 5.74) is 7.12. The lowest BCUT2D eigenvalue weighted by Gasteiger charge is -2.05. The van der Waals surface area contributed by atoms with Gasteiger partial charge in [0, 0.05) is 5.69 Å². The van der Waals surface area contributed by atoms with Crippen LogP contribution in [-0.4, -0.2) is 9.32 Å². The molecule has 2 aromatic rings. The summed E-state index contributed by atoms with van der Waals surface area (Å²) >= 11 is 0. The van der Waals surface area contributed by atoms with E-state index in [9.17, 15) is 9.32 Å². The average molecular weight is 247 g/mol. The van der Waals surface area contributed by atoms with E-state index in [4.69, 9.17) is 5.73 Å². The summed E-state index contributed by atoms with van der Waals surface area (Å²) in [4.78, 5) is 0.635. The highest BCUT2D eigenvalue weighted by atomic mass is 32.2. The van der Waals surface area contributed by atoms with E-state index in [-0.39, 0.29) is 5.75 Å². The molecule has 3 N–H and O–H groups in total. The molecule has 0 aliphatic heterocycles. The molecule has 0 aliphatic carbocycles. The number of phenols is 1. The molecule has 4 heteroatoms. The van der Waals surface area contributed by atoms with Crippen LogP contribution in [0.5, 0.6) is 5.75 Å². The minimum Gasteiger partial charge on any atom is -0.508 e. The molecule has 0 saturated carbocycles. The van der Waals surface area contributed by atoms with Gasteiger partial charge in [-0.3, -0.25) is 4.21 Å². The molecule has 0 bridgehead atoms. The van der Waals surface area contributed by atoms with Crippen LogP contribution >= 0.6 is 0 Å². The molecule has 0 aromatic heterocycles. The summed E-state index contributed by atoms with van der Waals surface area (Å²) in [5.74, 6) is 0.531. The minimum atomic E-state index is -1.19. The van der Waals surface area contributed by atoms with E-state index in [0.717, 1.165) is 5.56 Å². The topological polar surface area (TPSA) is 63.3 Å². The molecule has 1 atom stereocenters. The van der Waals surface area contributed by atoms with Gasteiger partial charge in [-0.15, -0.1) is 0 Å². The Bertz CT molecular complexity index is 555. The first kappa shape index (κ1) is 11.7. The molecule has 2 aromatic carbocycles. The van der Waals surface area contributed by atoms with Crippen LogP contribution in [0.25, 0.3) is 0 Å². The molecule has 17 heavy (non-hydrogen) atoms. The van der Waals surface area contributed by atoms with Crippen molar-refractivity contribution in [1.82, 2.24) is 0 Å². The molecule has 0 saturated heterocycles. The molecule has 0 spiro atoms. The smallest absolute Gasteiger partial charge is 0.115 e. The standard InChI is InChI=1S/C13H13NO2S/c14-12-6-1-2-7-13(12)17(16)9-10-4-3-5-11(15)8-10/h1-8,15H,9,14H2. The minimum absolute atomic E-state index is 0.181. The van der Waals surface area contributed by atoms with E-state index in [0.29, 0.717) is 16.3 Å². The Labute approximate surface area is 102 Å². The molecular formula is C13H13NO2S. The zero-order valence-corrected chi connectivity index (χ0v) is 9.98. The highest BCUT2D eigenvalue weighted by Gasteiger charge is 2.08. The number of phenolic OH excluding ortho intramolecular Hbond substituents is 1. The summed E-state index contributed by atoms with van der Waals surface area (Å²) in [6.45, 7) is 0. The van der Waals surface area contributed by atoms with Crippen LogP contribution in [0.4, 0.5) is 5.69 Å². The highest BCUT2D eigenvalue weighted by molar-refractivity contribution is 7.84. The van der Waals surface area contributed by atoms with Crippen molar-refractivity contribution >= 4 is 16.5 Å². The van der Waals surface area contributed by atoms with Crippen molar-refractivity contribution in [2.75, 3.05) is 5.73 Å². The number of anilines is 1. The van der Waals surface area contributed by atoms with Gasteiger partial charge >= 0.3 is 0 Å². The Hall–Kier alpha value is -1.81. The number of aromatic hydroxyl groups is 1. The quantitative estimate of drug-likeness (QED) is 0.818. The Morgan fingerprint density at radius 2 is 1.88 bits per heavy atom. The van der Waals surface area contributed by atoms with Gasteiger partial charge in [-0.2, -0.15) is 0 Å². The highest BCUT2D eigenvalue weighted by Crippen LogP contribution is 2.20. The molecule has 2 rings (SSSR count). The molecule has 1 unspecified atom stereocenters. The lowest BCUT2D eigenvalue weighted by molar-refractivity contribution is 0.475. The van der Waals surface area contributed by atoms with E-state index in [2.05, 4.69) is 0 Å². The maximum absolute atomic E-state index is 12.1. The maximum atomic E-state index is 12.1. The van der Waals surface area contributed by atoms with Gasteiger partial charge in [-0.1, -0.05) is 24.3 Å². The molecular weight excluding hydrogens is 234 g/mol. The predicted octanol–water partition coefficient (Wildman–Crippen LogP) is 2.28. The van der Waals surface area contributed by atoms with Crippen LogP contribution < -0.4 is 5.73 Å². The van der Waals surface area contributed by atoms with Crippen LogP contribution in [0.2, 0.25) is 0 Å². The zero-order valence-electron chi connectivity index (χ0n) is 9.17. The summed E-state index contributed by atoms with van der Waals surface area (Å²) < 4.78 is 12.1. The summed E-state index contributed by atoms with van der Waals surface area (Å²) in [7, 11) is -1.19. The fourth-order valence-electron chi connectivity index (χ4n) is 1.56. The van der Waals surface area contributed by atoms with Crippen molar-refractivity contribution in [1.29, 1.82) is 0 Å². The van der Waals surface area contributed by atoms with E-state index in [1.807, 2.05) is 18.2 Å². The molecule has 88 valence electrons. The summed E-state index contributed by atoms with van der Waals surface area (Å²) in [6.07, 6.45) is 0. The Morgan fingerprint density at radius 3 is 2.59 bits per heavy atom. The molecule has 0 amide bonds. The number of benzene rings is 2. The number of rotatable bonds is 3. The normalized spacial score (nSPS) is 12.2. The Kier molecular flexibility index (Phi) is 3.44. The van der Waals surface area contributed by atoms with Gasteiger partial charge in [0.05, 0.1) is 21.4 Å². The van der Waals surface area contributed by atoms with Crippen molar-refractivity contribution in [2.24, 2.45) is 0 Å². The lowest BCUT2D eigenvalue weighted by atomic mass is 10.2. The van der Waals surface area contributed by atoms with Gasteiger partial charge in [-0.05, 0) is 29.8 Å². The third-order valence-electron chi connectivity index (χ3n) is 2.37. The SMILES string of the molecule is Nc1ccccc1S(=O)Cc1cccc(O)c1. The second-order valence-corrected chi connectivity index (χ2v) is 5.12. The summed E-state index contributed by atoms with van der Waals surface area (Å²) in [6, 6.07) is 13.9. The first-order chi connectivity index (χ1) is 8.16. The van der Waals surface area contributed by atoms with Crippen molar-refractivity contribution < 1.29 is 9.32 Å². The molecule has 0 heterocycles.